The van der Waals surface area contributed by atoms with Gasteiger partial charge in [0.1, 0.15) is 0 Å². The fourth-order valence-electron chi connectivity index (χ4n) is 2.59. The Morgan fingerprint density at radius 1 is 0.960 bits per heavy atom. The van der Waals surface area contributed by atoms with Crippen molar-refractivity contribution in [3.05, 3.63) is 29.8 Å². The van der Waals surface area contributed by atoms with Crippen LogP contribution in [-0.2, 0) is 13.6 Å². The summed E-state index contributed by atoms with van der Waals surface area (Å²) in [7, 11) is -3.50. The molecule has 0 atom stereocenters. The number of hydrogen-bond donors (Lipinski definition) is 0. The molecule has 6 heteroatoms. The Balaban J connectivity index is 3.21. The molecule has 1 aromatic carbocycles. The molecule has 1 amide bonds. The Bertz CT molecular complexity index is 558. The summed E-state index contributed by atoms with van der Waals surface area (Å²) in [6, 6.07) is 6.94. The molecule has 0 saturated carbocycles. The lowest BCUT2D eigenvalue weighted by atomic mass is 10.1. The highest BCUT2D eigenvalue weighted by atomic mass is 31.2. The molecule has 0 aromatic heterocycles. The first-order valence-electron chi connectivity index (χ1n) is 9.31. The Hall–Kier alpha value is -1.16. The van der Waals surface area contributed by atoms with Gasteiger partial charge in [-0.15, -0.1) is 0 Å². The quantitative estimate of drug-likeness (QED) is 0.505. The average molecular weight is 369 g/mol. The van der Waals surface area contributed by atoms with Gasteiger partial charge in [0.15, 0.2) is 0 Å². The van der Waals surface area contributed by atoms with Gasteiger partial charge in [-0.3, -0.25) is 9.36 Å². The summed E-state index contributed by atoms with van der Waals surface area (Å²) in [6.07, 6.45) is 3.94. The minimum atomic E-state index is -3.50. The third-order valence-electron chi connectivity index (χ3n) is 3.88. The zero-order chi connectivity index (χ0) is 18.7. The Morgan fingerprint density at radius 2 is 1.48 bits per heavy atom. The molecule has 0 radical (unpaired) electrons. The molecule has 0 saturated heterocycles. The van der Waals surface area contributed by atoms with E-state index in [0.717, 1.165) is 25.7 Å². The van der Waals surface area contributed by atoms with Crippen LogP contribution in [0.25, 0.3) is 0 Å². The van der Waals surface area contributed by atoms with E-state index in [1.54, 1.807) is 38.1 Å². The van der Waals surface area contributed by atoms with Crippen molar-refractivity contribution in [1.82, 2.24) is 4.90 Å². The molecule has 25 heavy (non-hydrogen) atoms. The summed E-state index contributed by atoms with van der Waals surface area (Å²) < 4.78 is 24.1. The van der Waals surface area contributed by atoms with Crippen molar-refractivity contribution in [2.75, 3.05) is 26.3 Å². The highest BCUT2D eigenvalue weighted by Gasteiger charge is 2.32. The first-order chi connectivity index (χ1) is 12.0. The molecule has 0 spiro atoms. The summed E-state index contributed by atoms with van der Waals surface area (Å²) >= 11 is 0. The second-order valence-corrected chi connectivity index (χ2v) is 7.84. The summed E-state index contributed by atoms with van der Waals surface area (Å²) in [4.78, 5) is 15.0. The number of carbonyl (C=O) groups is 1. The van der Waals surface area contributed by atoms with Gasteiger partial charge in [-0.1, -0.05) is 38.8 Å². The van der Waals surface area contributed by atoms with Crippen LogP contribution < -0.4 is 5.30 Å². The molecule has 0 bridgehead atoms. The van der Waals surface area contributed by atoms with Crippen molar-refractivity contribution in [3.63, 3.8) is 0 Å². The fraction of sp³-hybridized carbons (Fsp3) is 0.632. The zero-order valence-corrected chi connectivity index (χ0v) is 16.9. The predicted molar refractivity (Wildman–Crippen MR) is 103 cm³/mol. The molecule has 5 nitrogen and oxygen atoms in total. The van der Waals surface area contributed by atoms with E-state index >= 15 is 0 Å². The number of rotatable bonds is 12. The molecule has 1 rings (SSSR count). The van der Waals surface area contributed by atoms with Gasteiger partial charge in [0.25, 0.3) is 5.91 Å². The van der Waals surface area contributed by atoms with Crippen molar-refractivity contribution in [2.24, 2.45) is 0 Å². The average Bonchev–Trinajstić information content (AvgIpc) is 2.62. The summed E-state index contributed by atoms with van der Waals surface area (Å²) in [5.74, 6) is -0.0999. The van der Waals surface area contributed by atoms with Crippen molar-refractivity contribution in [3.8, 4) is 0 Å². The molecular formula is C19H32NO4P. The highest BCUT2D eigenvalue weighted by Crippen LogP contribution is 2.47. The molecule has 142 valence electrons. The van der Waals surface area contributed by atoms with Gasteiger partial charge in [-0.2, -0.15) is 0 Å². The van der Waals surface area contributed by atoms with Gasteiger partial charge in [-0.25, -0.2) is 0 Å². The number of benzene rings is 1. The largest absolute Gasteiger partial charge is 0.362 e. The van der Waals surface area contributed by atoms with Gasteiger partial charge in [0.2, 0.25) is 0 Å². The standard InChI is InChI=1S/C19H32NO4P/c1-5-9-15-20(16-10-6-2)19(21)17-13-11-12-14-18(17)25(22,23-7-3)24-8-4/h11-14H,5-10,15-16H2,1-4H3. The van der Waals surface area contributed by atoms with Crippen LogP contribution in [0.15, 0.2) is 24.3 Å². The third kappa shape index (κ3) is 6.25. The predicted octanol–water partition coefficient (Wildman–Crippen LogP) is 4.62. The lowest BCUT2D eigenvalue weighted by molar-refractivity contribution is 0.0751. The maximum absolute atomic E-state index is 13.2. The second kappa shape index (κ2) is 11.5. The number of hydrogen-bond acceptors (Lipinski definition) is 4. The highest BCUT2D eigenvalue weighted by molar-refractivity contribution is 7.62. The van der Waals surface area contributed by atoms with Crippen LogP contribution in [0.3, 0.4) is 0 Å². The lowest BCUT2D eigenvalue weighted by Crippen LogP contribution is -2.36. The molecule has 0 heterocycles. The number of carbonyl (C=O) groups excluding carboxylic acids is 1. The minimum Gasteiger partial charge on any atom is -0.339 e. The first kappa shape index (κ1) is 21.9. The maximum Gasteiger partial charge on any atom is 0.362 e. The topological polar surface area (TPSA) is 55.8 Å². The van der Waals surface area contributed by atoms with Crippen molar-refractivity contribution in [1.29, 1.82) is 0 Å². The van der Waals surface area contributed by atoms with Gasteiger partial charge in [0.05, 0.1) is 24.1 Å². The Kier molecular flexibility index (Phi) is 10.0. The summed E-state index contributed by atoms with van der Waals surface area (Å²) in [6.45, 7) is 9.68. The van der Waals surface area contributed by atoms with E-state index in [-0.39, 0.29) is 19.1 Å². The number of unbranched alkanes of at least 4 members (excludes halogenated alkanes) is 2. The van der Waals surface area contributed by atoms with Crippen molar-refractivity contribution >= 4 is 18.8 Å². The fourth-order valence-corrected chi connectivity index (χ4v) is 4.36. The van der Waals surface area contributed by atoms with E-state index in [9.17, 15) is 9.36 Å². The number of amides is 1. The van der Waals surface area contributed by atoms with Crippen LogP contribution in [-0.4, -0.2) is 37.1 Å². The van der Waals surface area contributed by atoms with Gasteiger partial charge in [-0.05, 0) is 38.8 Å². The maximum atomic E-state index is 13.2. The van der Waals surface area contributed by atoms with Crippen LogP contribution >= 0.6 is 7.60 Å². The first-order valence-corrected chi connectivity index (χ1v) is 10.9. The molecule has 0 aliphatic heterocycles. The van der Waals surface area contributed by atoms with E-state index in [1.807, 2.05) is 4.90 Å². The minimum absolute atomic E-state index is 0.0999. The van der Waals surface area contributed by atoms with Crippen LogP contribution in [0.1, 0.15) is 63.7 Å². The van der Waals surface area contributed by atoms with Gasteiger partial charge < -0.3 is 13.9 Å². The molecule has 0 N–H and O–H groups in total. The van der Waals surface area contributed by atoms with E-state index in [1.165, 1.54) is 0 Å². The van der Waals surface area contributed by atoms with E-state index in [4.69, 9.17) is 9.05 Å². The monoisotopic (exact) mass is 369 g/mol. The molecule has 0 fully saturated rings. The van der Waals surface area contributed by atoms with Crippen LogP contribution in [0, 0.1) is 0 Å². The Morgan fingerprint density at radius 3 is 1.96 bits per heavy atom. The molecule has 0 aliphatic carbocycles. The van der Waals surface area contributed by atoms with Gasteiger partial charge >= 0.3 is 7.60 Å². The van der Waals surface area contributed by atoms with Crippen LogP contribution in [0.5, 0.6) is 0 Å². The number of nitrogens with zero attached hydrogens (tertiary/aromatic N) is 1. The van der Waals surface area contributed by atoms with E-state index in [2.05, 4.69) is 13.8 Å². The van der Waals surface area contributed by atoms with Crippen molar-refractivity contribution in [2.45, 2.75) is 53.4 Å². The van der Waals surface area contributed by atoms with Crippen LogP contribution in [0.2, 0.25) is 0 Å². The Labute approximate surface area is 152 Å². The smallest absolute Gasteiger partial charge is 0.339 e. The molecule has 0 unspecified atom stereocenters. The zero-order valence-electron chi connectivity index (χ0n) is 16.0. The molecule has 0 aliphatic rings. The molecular weight excluding hydrogens is 337 g/mol. The second-order valence-electron chi connectivity index (χ2n) is 5.85. The summed E-state index contributed by atoms with van der Waals surface area (Å²) in [5, 5.41) is 0.363. The third-order valence-corrected chi connectivity index (χ3v) is 6.05. The van der Waals surface area contributed by atoms with E-state index in [0.29, 0.717) is 24.0 Å². The van der Waals surface area contributed by atoms with Gasteiger partial charge in [0, 0.05) is 13.1 Å². The normalized spacial score (nSPS) is 11.5. The van der Waals surface area contributed by atoms with Crippen molar-refractivity contribution < 1.29 is 18.4 Å². The summed E-state index contributed by atoms with van der Waals surface area (Å²) in [5.41, 5.74) is 0.417. The lowest BCUT2D eigenvalue weighted by Gasteiger charge is -2.25. The SMILES string of the molecule is CCCCN(CCCC)C(=O)c1ccccc1P(=O)(OCC)OCC. The molecule has 1 aromatic rings. The van der Waals surface area contributed by atoms with Crippen LogP contribution in [0.4, 0.5) is 0 Å². The van der Waals surface area contributed by atoms with E-state index < -0.39 is 7.60 Å².